The highest BCUT2D eigenvalue weighted by Gasteiger charge is 2.56. The van der Waals surface area contributed by atoms with Crippen LogP contribution in [-0.4, -0.2) is 33.3 Å². The molecule has 2 amide bonds. The van der Waals surface area contributed by atoms with Crippen LogP contribution in [0.4, 0.5) is 11.4 Å². The molecule has 33 heavy (non-hydrogen) atoms. The Hall–Kier alpha value is -3.84. The van der Waals surface area contributed by atoms with Crippen LogP contribution in [0.2, 0.25) is 0 Å². The highest BCUT2D eigenvalue weighted by molar-refractivity contribution is 6.10. The van der Waals surface area contributed by atoms with Crippen molar-refractivity contribution in [3.8, 4) is 0 Å². The Labute approximate surface area is 191 Å². The van der Waals surface area contributed by atoms with E-state index in [0.29, 0.717) is 16.9 Å². The van der Waals surface area contributed by atoms with Gasteiger partial charge in [-0.3, -0.25) is 19.4 Å². The Balaban J connectivity index is 1.74. The summed E-state index contributed by atoms with van der Waals surface area (Å²) in [4.78, 5) is 44.1. The molecule has 1 heterocycles. The predicted molar refractivity (Wildman–Crippen MR) is 124 cm³/mol. The zero-order valence-corrected chi connectivity index (χ0v) is 18.1. The molecular weight excluding hydrogens is 418 g/mol. The van der Waals surface area contributed by atoms with E-state index >= 15 is 0 Å². The number of nitrogens with zero attached hydrogens (tertiary/aromatic N) is 1. The zero-order chi connectivity index (χ0) is 23.4. The van der Waals surface area contributed by atoms with Crippen LogP contribution in [0.1, 0.15) is 24.8 Å². The van der Waals surface area contributed by atoms with Gasteiger partial charge < -0.3 is 15.7 Å². The molecule has 3 N–H and O–H groups in total. The van der Waals surface area contributed by atoms with Gasteiger partial charge in [0.15, 0.2) is 0 Å². The van der Waals surface area contributed by atoms with E-state index < -0.39 is 41.0 Å². The molecule has 0 aliphatic heterocycles. The number of rotatable bonds is 5. The topological polar surface area (TPSA) is 108 Å². The van der Waals surface area contributed by atoms with Crippen LogP contribution in [0.15, 0.2) is 85.2 Å². The quantitative estimate of drug-likeness (QED) is 0.524. The van der Waals surface area contributed by atoms with Crippen molar-refractivity contribution in [2.75, 3.05) is 10.6 Å². The summed E-state index contributed by atoms with van der Waals surface area (Å²) < 4.78 is 0. The SMILES string of the molecule is C[C@]1(O)CC(=O)[C@H](C(=O)Nc2ccccc2)[C@H](c2cccnc2)[C@H]1C(=O)Nc1ccccc1. The maximum Gasteiger partial charge on any atom is 0.235 e. The van der Waals surface area contributed by atoms with Crippen molar-refractivity contribution in [1.82, 2.24) is 4.98 Å². The summed E-state index contributed by atoms with van der Waals surface area (Å²) in [7, 11) is 0. The van der Waals surface area contributed by atoms with Crippen LogP contribution in [0.5, 0.6) is 0 Å². The number of anilines is 2. The second-order valence-corrected chi connectivity index (χ2v) is 8.48. The molecule has 0 unspecified atom stereocenters. The number of aliphatic hydroxyl groups is 1. The van der Waals surface area contributed by atoms with E-state index in [2.05, 4.69) is 15.6 Å². The van der Waals surface area contributed by atoms with E-state index in [4.69, 9.17) is 0 Å². The lowest BCUT2D eigenvalue weighted by molar-refractivity contribution is -0.150. The molecule has 0 radical (unpaired) electrons. The highest BCUT2D eigenvalue weighted by atomic mass is 16.3. The summed E-state index contributed by atoms with van der Waals surface area (Å²) >= 11 is 0. The fourth-order valence-electron chi connectivity index (χ4n) is 4.55. The van der Waals surface area contributed by atoms with Gasteiger partial charge in [0.2, 0.25) is 11.8 Å². The second-order valence-electron chi connectivity index (χ2n) is 8.48. The Morgan fingerprint density at radius 1 is 0.909 bits per heavy atom. The fraction of sp³-hybridized carbons (Fsp3) is 0.231. The molecular formula is C26H25N3O4. The molecule has 2 aromatic carbocycles. The maximum absolute atomic E-state index is 13.5. The molecule has 168 valence electrons. The number of para-hydroxylation sites is 2. The molecule has 0 spiro atoms. The van der Waals surface area contributed by atoms with E-state index in [-0.39, 0.29) is 6.42 Å². The van der Waals surface area contributed by atoms with E-state index in [0.717, 1.165) is 0 Å². The molecule has 3 aromatic rings. The fourth-order valence-corrected chi connectivity index (χ4v) is 4.55. The number of ketones is 1. The van der Waals surface area contributed by atoms with E-state index in [9.17, 15) is 19.5 Å². The minimum absolute atomic E-state index is 0.316. The Morgan fingerprint density at radius 2 is 1.48 bits per heavy atom. The molecule has 1 aliphatic carbocycles. The van der Waals surface area contributed by atoms with E-state index in [1.165, 1.54) is 13.1 Å². The van der Waals surface area contributed by atoms with Gasteiger partial charge in [0.05, 0.1) is 11.5 Å². The molecule has 7 nitrogen and oxygen atoms in total. The van der Waals surface area contributed by atoms with Crippen molar-refractivity contribution < 1.29 is 19.5 Å². The number of Topliss-reactive ketones (excluding diaryl/α,β-unsaturated/α-hetero) is 1. The summed E-state index contributed by atoms with van der Waals surface area (Å²) in [5.74, 6) is -4.54. The molecule has 1 aromatic heterocycles. The Morgan fingerprint density at radius 3 is 2.03 bits per heavy atom. The minimum atomic E-state index is -1.65. The number of benzene rings is 2. The van der Waals surface area contributed by atoms with Gasteiger partial charge in [-0.25, -0.2) is 0 Å². The molecule has 1 fully saturated rings. The summed E-state index contributed by atoms with van der Waals surface area (Å²) in [5.41, 5.74) is -0.0134. The second kappa shape index (κ2) is 9.34. The summed E-state index contributed by atoms with van der Waals surface area (Å²) in [6, 6.07) is 21.1. The minimum Gasteiger partial charge on any atom is -0.389 e. The molecule has 0 bridgehead atoms. The number of amides is 2. The van der Waals surface area contributed by atoms with Crippen molar-refractivity contribution >= 4 is 29.0 Å². The predicted octanol–water partition coefficient (Wildman–Crippen LogP) is 3.40. The van der Waals surface area contributed by atoms with Crippen LogP contribution in [-0.2, 0) is 14.4 Å². The van der Waals surface area contributed by atoms with E-state index in [1.54, 1.807) is 66.9 Å². The summed E-state index contributed by atoms with van der Waals surface area (Å²) in [5, 5.41) is 16.9. The zero-order valence-electron chi connectivity index (χ0n) is 18.1. The number of nitrogens with one attached hydrogen (secondary N) is 2. The van der Waals surface area contributed by atoms with Crippen molar-refractivity contribution in [3.63, 3.8) is 0 Å². The number of carbonyl (C=O) groups is 3. The van der Waals surface area contributed by atoms with Crippen LogP contribution in [0.3, 0.4) is 0 Å². The van der Waals surface area contributed by atoms with Gasteiger partial charge in [0, 0.05) is 36.1 Å². The summed E-state index contributed by atoms with van der Waals surface area (Å²) in [6.07, 6.45) is 2.79. The van der Waals surface area contributed by atoms with Crippen LogP contribution >= 0.6 is 0 Å². The highest BCUT2D eigenvalue weighted by Crippen LogP contribution is 2.46. The molecule has 0 saturated heterocycles. The smallest absolute Gasteiger partial charge is 0.235 e. The number of carbonyl (C=O) groups excluding carboxylic acids is 3. The normalized spacial score (nSPS) is 24.7. The summed E-state index contributed by atoms with van der Waals surface area (Å²) in [6.45, 7) is 1.47. The molecule has 7 heteroatoms. The van der Waals surface area contributed by atoms with Crippen LogP contribution in [0.25, 0.3) is 0 Å². The Bertz CT molecular complexity index is 1130. The molecule has 4 atom stereocenters. The van der Waals surface area contributed by atoms with Gasteiger partial charge in [-0.15, -0.1) is 0 Å². The lowest BCUT2D eigenvalue weighted by Crippen LogP contribution is -2.56. The first-order valence-electron chi connectivity index (χ1n) is 10.7. The first kappa shape index (κ1) is 22.4. The van der Waals surface area contributed by atoms with E-state index in [1.807, 2.05) is 12.1 Å². The van der Waals surface area contributed by atoms with Crippen molar-refractivity contribution in [2.24, 2.45) is 11.8 Å². The van der Waals surface area contributed by atoms with Gasteiger partial charge >= 0.3 is 0 Å². The first-order valence-corrected chi connectivity index (χ1v) is 10.7. The maximum atomic E-state index is 13.5. The van der Waals surface area contributed by atoms with Gasteiger partial charge in [0.1, 0.15) is 11.7 Å². The van der Waals surface area contributed by atoms with Crippen molar-refractivity contribution in [2.45, 2.75) is 24.9 Å². The van der Waals surface area contributed by atoms with Gasteiger partial charge in [-0.05, 0) is 42.8 Å². The lowest BCUT2D eigenvalue weighted by atomic mass is 9.61. The monoisotopic (exact) mass is 443 g/mol. The molecule has 1 saturated carbocycles. The first-order chi connectivity index (χ1) is 15.9. The van der Waals surface area contributed by atoms with Gasteiger partial charge in [0.25, 0.3) is 0 Å². The van der Waals surface area contributed by atoms with Crippen LogP contribution in [0, 0.1) is 11.8 Å². The molecule has 1 aliphatic rings. The number of pyridine rings is 1. The van der Waals surface area contributed by atoms with Crippen molar-refractivity contribution in [3.05, 3.63) is 90.8 Å². The van der Waals surface area contributed by atoms with Crippen LogP contribution < -0.4 is 10.6 Å². The van der Waals surface area contributed by atoms with Gasteiger partial charge in [-0.2, -0.15) is 0 Å². The number of hydrogen-bond donors (Lipinski definition) is 3. The Kier molecular flexibility index (Phi) is 6.33. The largest absolute Gasteiger partial charge is 0.389 e. The third kappa shape index (κ3) is 4.83. The average molecular weight is 444 g/mol. The standard InChI is InChI=1S/C26H25N3O4/c1-26(33)15-20(30)22(24(31)28-18-10-4-2-5-11-18)21(17-9-8-14-27-16-17)23(26)25(32)29-19-12-6-3-7-13-19/h2-14,16,21-23,33H,15H2,1H3,(H,28,31)(H,29,32)/t21-,22-,23-,26-/m0/s1. The number of hydrogen-bond acceptors (Lipinski definition) is 5. The lowest BCUT2D eigenvalue weighted by Gasteiger charge is -2.44. The number of aromatic nitrogens is 1. The van der Waals surface area contributed by atoms with Gasteiger partial charge in [-0.1, -0.05) is 42.5 Å². The average Bonchev–Trinajstić information content (AvgIpc) is 2.79. The molecule has 4 rings (SSSR count). The third-order valence-corrected chi connectivity index (χ3v) is 5.98. The third-order valence-electron chi connectivity index (χ3n) is 5.98. The van der Waals surface area contributed by atoms with Crippen molar-refractivity contribution in [1.29, 1.82) is 0 Å².